The number of hydrogen-bond acceptors (Lipinski definition) is 4. The van der Waals surface area contributed by atoms with Gasteiger partial charge < -0.3 is 4.74 Å². The molecule has 4 nitrogen and oxygen atoms in total. The van der Waals surface area contributed by atoms with Crippen LogP contribution in [0.15, 0.2) is 24.3 Å². The van der Waals surface area contributed by atoms with E-state index in [2.05, 4.69) is 4.98 Å². The van der Waals surface area contributed by atoms with Crippen molar-refractivity contribution in [3.63, 3.8) is 0 Å². The maximum atomic E-state index is 12.2. The number of carbonyl (C=O) groups excluding carboxylic acids is 2. The van der Waals surface area contributed by atoms with E-state index in [0.29, 0.717) is 22.8 Å². The summed E-state index contributed by atoms with van der Waals surface area (Å²) < 4.78 is 4.80. The number of rotatable bonds is 5. The molecule has 5 heteroatoms. The van der Waals surface area contributed by atoms with Crippen LogP contribution in [-0.4, -0.2) is 23.8 Å². The number of Topliss-reactive ketones (excluding diaryl/α,β-unsaturated/α-hetero) is 1. The Balaban J connectivity index is 2.74. The number of pyridine rings is 1. The molecule has 1 heterocycles. The first-order valence-corrected chi connectivity index (χ1v) is 8.12. The average molecular weight is 346 g/mol. The van der Waals surface area contributed by atoms with E-state index in [1.807, 2.05) is 32.9 Å². The fourth-order valence-corrected chi connectivity index (χ4v) is 2.85. The van der Waals surface area contributed by atoms with E-state index in [1.54, 1.807) is 12.1 Å². The first kappa shape index (κ1) is 18.1. The highest BCUT2D eigenvalue weighted by Gasteiger charge is 2.21. The van der Waals surface area contributed by atoms with E-state index >= 15 is 0 Å². The summed E-state index contributed by atoms with van der Waals surface area (Å²) in [6.45, 7) is 5.48. The van der Waals surface area contributed by atoms with Crippen LogP contribution in [0.5, 0.6) is 0 Å². The molecule has 0 bridgehead atoms. The summed E-state index contributed by atoms with van der Waals surface area (Å²) in [5, 5.41) is 0.626. The summed E-state index contributed by atoms with van der Waals surface area (Å²) >= 11 is 5.98. The van der Waals surface area contributed by atoms with Crippen molar-refractivity contribution in [2.75, 3.05) is 7.11 Å². The van der Waals surface area contributed by atoms with Gasteiger partial charge in [0.2, 0.25) is 0 Å². The lowest BCUT2D eigenvalue weighted by Gasteiger charge is -2.17. The van der Waals surface area contributed by atoms with E-state index in [0.717, 1.165) is 22.3 Å². The minimum Gasteiger partial charge on any atom is -0.469 e. The Morgan fingerprint density at radius 3 is 2.33 bits per heavy atom. The molecule has 0 fully saturated rings. The number of halogens is 1. The second kappa shape index (κ2) is 7.58. The Bertz CT molecular complexity index is 782. The summed E-state index contributed by atoms with van der Waals surface area (Å²) in [7, 11) is 1.36. The maximum absolute atomic E-state index is 12.2. The predicted molar refractivity (Wildman–Crippen MR) is 94.5 cm³/mol. The average Bonchev–Trinajstić information content (AvgIpc) is 2.58. The van der Waals surface area contributed by atoms with Crippen molar-refractivity contribution in [1.29, 1.82) is 0 Å². The Hall–Kier alpha value is -2.20. The zero-order valence-electron chi connectivity index (χ0n) is 14.3. The van der Waals surface area contributed by atoms with Crippen LogP contribution in [0.3, 0.4) is 0 Å². The summed E-state index contributed by atoms with van der Waals surface area (Å²) in [5.41, 5.74) is 4.40. The second-order valence-electron chi connectivity index (χ2n) is 5.56. The van der Waals surface area contributed by atoms with Crippen molar-refractivity contribution in [2.24, 2.45) is 0 Å². The Kier molecular flexibility index (Phi) is 5.73. The number of carbonyl (C=O) groups is 2. The summed E-state index contributed by atoms with van der Waals surface area (Å²) in [5.74, 6) is -0.362. The first-order chi connectivity index (χ1) is 11.4. The molecular formula is C19H20ClNO3. The van der Waals surface area contributed by atoms with Gasteiger partial charge in [0, 0.05) is 17.1 Å². The zero-order valence-corrected chi connectivity index (χ0v) is 15.0. The van der Waals surface area contributed by atoms with Crippen LogP contribution in [0.25, 0.3) is 11.1 Å². The third kappa shape index (κ3) is 3.65. The van der Waals surface area contributed by atoms with Gasteiger partial charge in [0.15, 0.2) is 5.78 Å². The quantitative estimate of drug-likeness (QED) is 0.598. The number of benzene rings is 1. The van der Waals surface area contributed by atoms with E-state index in [1.165, 1.54) is 7.11 Å². The topological polar surface area (TPSA) is 56.3 Å². The van der Waals surface area contributed by atoms with Gasteiger partial charge in [0.05, 0.1) is 13.5 Å². The number of esters is 1. The standard InChI is InChI=1S/C19H20ClNO3/c1-5-16(22)19-11(2)18(13-6-8-14(20)9-7-13)15(12(3)21-19)10-17(23)24-4/h6-9H,5,10H2,1-4H3. The van der Waals surface area contributed by atoms with Gasteiger partial charge in [-0.1, -0.05) is 30.7 Å². The largest absolute Gasteiger partial charge is 0.469 e. The number of ketones is 1. The fraction of sp³-hybridized carbons (Fsp3) is 0.316. The van der Waals surface area contributed by atoms with Crippen molar-refractivity contribution in [3.8, 4) is 11.1 Å². The van der Waals surface area contributed by atoms with Gasteiger partial charge in [-0.05, 0) is 48.2 Å². The second-order valence-corrected chi connectivity index (χ2v) is 6.00. The van der Waals surface area contributed by atoms with Crippen LogP contribution in [0.4, 0.5) is 0 Å². The highest BCUT2D eigenvalue weighted by Crippen LogP contribution is 2.32. The van der Waals surface area contributed by atoms with E-state index < -0.39 is 0 Å². The molecule has 0 radical (unpaired) electrons. The highest BCUT2D eigenvalue weighted by molar-refractivity contribution is 6.30. The molecular weight excluding hydrogens is 326 g/mol. The van der Waals surface area contributed by atoms with E-state index in [-0.39, 0.29) is 18.2 Å². The molecule has 1 aromatic carbocycles. The molecule has 126 valence electrons. The van der Waals surface area contributed by atoms with E-state index in [4.69, 9.17) is 16.3 Å². The Morgan fingerprint density at radius 1 is 1.17 bits per heavy atom. The molecule has 0 amide bonds. The van der Waals surface area contributed by atoms with E-state index in [9.17, 15) is 9.59 Å². The maximum Gasteiger partial charge on any atom is 0.310 e. The van der Waals surface area contributed by atoms with Gasteiger partial charge in [-0.25, -0.2) is 4.98 Å². The van der Waals surface area contributed by atoms with Gasteiger partial charge in [-0.3, -0.25) is 9.59 Å². The number of methoxy groups -OCH3 is 1. The molecule has 0 saturated heterocycles. The van der Waals surface area contributed by atoms with Crippen LogP contribution < -0.4 is 0 Å². The van der Waals surface area contributed by atoms with Gasteiger partial charge in [0.25, 0.3) is 0 Å². The lowest BCUT2D eigenvalue weighted by Crippen LogP contribution is -2.13. The van der Waals surface area contributed by atoms with Crippen LogP contribution >= 0.6 is 11.6 Å². The predicted octanol–water partition coefficient (Wildman–Crippen LogP) is 4.33. The molecule has 2 rings (SSSR count). The molecule has 0 saturated carbocycles. The third-order valence-corrected chi connectivity index (χ3v) is 4.27. The monoisotopic (exact) mass is 345 g/mol. The molecule has 2 aromatic rings. The van der Waals surface area contributed by atoms with Crippen LogP contribution in [0.2, 0.25) is 5.02 Å². The molecule has 0 aliphatic rings. The minimum absolute atomic E-state index is 0.0181. The summed E-state index contributed by atoms with van der Waals surface area (Å²) in [6.07, 6.45) is 0.485. The summed E-state index contributed by atoms with van der Waals surface area (Å²) in [6, 6.07) is 7.33. The lowest BCUT2D eigenvalue weighted by atomic mass is 9.90. The highest BCUT2D eigenvalue weighted by atomic mass is 35.5. The molecule has 0 spiro atoms. The number of hydrogen-bond donors (Lipinski definition) is 0. The van der Waals surface area contributed by atoms with Crippen molar-refractivity contribution in [2.45, 2.75) is 33.6 Å². The van der Waals surface area contributed by atoms with Crippen molar-refractivity contribution < 1.29 is 14.3 Å². The molecule has 0 aliphatic heterocycles. The van der Waals surface area contributed by atoms with Crippen LogP contribution in [0, 0.1) is 13.8 Å². The molecule has 0 aliphatic carbocycles. The van der Waals surface area contributed by atoms with Gasteiger partial charge in [-0.15, -0.1) is 0 Å². The summed E-state index contributed by atoms with van der Waals surface area (Å²) in [4.78, 5) is 28.5. The van der Waals surface area contributed by atoms with Gasteiger partial charge in [0.1, 0.15) is 5.69 Å². The third-order valence-electron chi connectivity index (χ3n) is 4.02. The molecule has 0 atom stereocenters. The molecule has 0 N–H and O–H groups in total. The van der Waals surface area contributed by atoms with Gasteiger partial charge in [-0.2, -0.15) is 0 Å². The Labute approximate surface area is 146 Å². The fourth-order valence-electron chi connectivity index (χ4n) is 2.72. The molecule has 1 aromatic heterocycles. The normalized spacial score (nSPS) is 10.5. The number of ether oxygens (including phenoxy) is 1. The SMILES string of the molecule is CCC(=O)c1nc(C)c(CC(=O)OC)c(-c2ccc(Cl)cc2)c1C. The minimum atomic E-state index is -0.343. The smallest absolute Gasteiger partial charge is 0.310 e. The zero-order chi connectivity index (χ0) is 17.9. The molecule has 24 heavy (non-hydrogen) atoms. The van der Waals surface area contributed by atoms with Gasteiger partial charge >= 0.3 is 5.97 Å². The van der Waals surface area contributed by atoms with Crippen LogP contribution in [0.1, 0.15) is 40.7 Å². The van der Waals surface area contributed by atoms with Crippen molar-refractivity contribution >= 4 is 23.4 Å². The molecule has 0 unspecified atom stereocenters. The Morgan fingerprint density at radius 2 is 1.79 bits per heavy atom. The lowest BCUT2D eigenvalue weighted by molar-refractivity contribution is -0.139. The number of aromatic nitrogens is 1. The number of aryl methyl sites for hydroxylation is 1. The first-order valence-electron chi connectivity index (χ1n) is 7.75. The van der Waals surface area contributed by atoms with Crippen molar-refractivity contribution in [3.05, 3.63) is 51.8 Å². The van der Waals surface area contributed by atoms with Crippen molar-refractivity contribution in [1.82, 2.24) is 4.98 Å². The van der Waals surface area contributed by atoms with Crippen LogP contribution in [-0.2, 0) is 16.0 Å². The number of nitrogens with zero attached hydrogens (tertiary/aromatic N) is 1.